The number of halogens is 2. The van der Waals surface area contributed by atoms with Gasteiger partial charge in [-0.3, -0.25) is 0 Å². The van der Waals surface area contributed by atoms with Gasteiger partial charge in [-0.1, -0.05) is 0 Å². The average Bonchev–Trinajstić information content (AvgIpc) is 1.61. The molecular weight excluding hydrogens is 139 g/mol. The Balaban J connectivity index is 2.81. The molecule has 0 fully saturated rings. The van der Waals surface area contributed by atoms with Crippen molar-refractivity contribution in [1.29, 1.82) is 0 Å². The monoisotopic (exact) mass is 141 g/mol. The Morgan fingerprint density at radius 2 is 2.29 bits per heavy atom. The van der Waals surface area contributed by atoms with Crippen molar-refractivity contribution in [3.05, 3.63) is 0 Å². The lowest BCUT2D eigenvalue weighted by molar-refractivity contribution is 0.292. The van der Waals surface area contributed by atoms with Crippen molar-refractivity contribution in [2.24, 2.45) is 0 Å². The van der Waals surface area contributed by atoms with Gasteiger partial charge in [-0.25, -0.2) is 4.79 Å². The first-order valence-electron chi connectivity index (χ1n) is 1.54. The molecule has 0 saturated carbocycles. The van der Waals surface area contributed by atoms with E-state index in [9.17, 15) is 4.79 Å². The third-order valence-electron chi connectivity index (χ3n) is 0.268. The van der Waals surface area contributed by atoms with E-state index in [1.807, 2.05) is 0 Å². The Morgan fingerprint density at radius 3 is 2.43 bits per heavy atom. The van der Waals surface area contributed by atoms with Gasteiger partial charge in [-0.15, -0.1) is 23.2 Å². The van der Waals surface area contributed by atoms with E-state index in [0.29, 0.717) is 0 Å². The van der Waals surface area contributed by atoms with E-state index in [1.165, 1.54) is 6.47 Å². The van der Waals surface area contributed by atoms with Crippen LogP contribution in [0.4, 0.5) is 0 Å². The minimum Gasteiger partial charge on any atom is -0.454 e. The average molecular weight is 142 g/mol. The normalized spacial score (nSPS) is 9.00. The maximum Gasteiger partial charge on any atom is 0.417 e. The molecule has 0 amide bonds. The van der Waals surface area contributed by atoms with Crippen LogP contribution in [-0.4, -0.2) is 17.9 Å². The van der Waals surface area contributed by atoms with Gasteiger partial charge >= 0.3 is 6.47 Å². The highest BCUT2D eigenvalue weighted by Gasteiger charge is 1.95. The van der Waals surface area contributed by atoms with Crippen molar-refractivity contribution in [3.8, 4) is 0 Å². The van der Waals surface area contributed by atoms with Crippen molar-refractivity contribution in [1.82, 2.24) is 0 Å². The zero-order valence-corrected chi connectivity index (χ0v) is 4.87. The molecule has 2 nitrogen and oxygen atoms in total. The van der Waals surface area contributed by atoms with Gasteiger partial charge in [0.1, 0.15) is 11.4 Å². The third-order valence-corrected chi connectivity index (χ3v) is 0.520. The molecular formula is C3H3Cl2O2. The van der Waals surface area contributed by atoms with Crippen molar-refractivity contribution < 1.29 is 9.53 Å². The standard InChI is InChI=1S/C3H3Cl2O2/c4-3(5)1-7-2-6/h3H,1H2. The fourth-order valence-corrected chi connectivity index (χ4v) is 0.223. The second kappa shape index (κ2) is 4.22. The smallest absolute Gasteiger partial charge is 0.417 e. The molecule has 0 aromatic rings. The molecule has 0 atom stereocenters. The molecule has 0 aromatic carbocycles. The van der Waals surface area contributed by atoms with Crippen LogP contribution in [0.1, 0.15) is 0 Å². The summed E-state index contributed by atoms with van der Waals surface area (Å²) < 4.78 is 4.03. The summed E-state index contributed by atoms with van der Waals surface area (Å²) in [7, 11) is 0. The molecule has 4 heteroatoms. The molecule has 0 aliphatic heterocycles. The Morgan fingerprint density at radius 1 is 1.71 bits per heavy atom. The van der Waals surface area contributed by atoms with E-state index < -0.39 is 4.84 Å². The molecule has 0 saturated heterocycles. The zero-order chi connectivity index (χ0) is 5.70. The van der Waals surface area contributed by atoms with Crippen LogP contribution in [-0.2, 0) is 9.53 Å². The van der Waals surface area contributed by atoms with Crippen LogP contribution in [0.25, 0.3) is 0 Å². The van der Waals surface area contributed by atoms with Crippen molar-refractivity contribution in [3.63, 3.8) is 0 Å². The molecule has 0 heterocycles. The number of alkyl halides is 2. The van der Waals surface area contributed by atoms with Gasteiger partial charge in [0.25, 0.3) is 0 Å². The maximum absolute atomic E-state index is 9.24. The van der Waals surface area contributed by atoms with E-state index in [0.717, 1.165) is 0 Å². The SMILES string of the molecule is O=[C]OCC(Cl)Cl. The molecule has 0 aliphatic carbocycles. The predicted molar refractivity (Wildman–Crippen MR) is 27.1 cm³/mol. The van der Waals surface area contributed by atoms with Gasteiger partial charge < -0.3 is 4.74 Å². The number of hydrogen-bond donors (Lipinski definition) is 0. The first-order valence-corrected chi connectivity index (χ1v) is 2.41. The van der Waals surface area contributed by atoms with Gasteiger partial charge in [0.15, 0.2) is 0 Å². The topological polar surface area (TPSA) is 26.3 Å². The van der Waals surface area contributed by atoms with Gasteiger partial charge in [0, 0.05) is 0 Å². The van der Waals surface area contributed by atoms with Gasteiger partial charge in [-0.05, 0) is 0 Å². The van der Waals surface area contributed by atoms with E-state index in [1.54, 1.807) is 0 Å². The van der Waals surface area contributed by atoms with Gasteiger partial charge in [-0.2, -0.15) is 0 Å². The number of ether oxygens (including phenoxy) is 1. The summed E-state index contributed by atoms with van der Waals surface area (Å²) in [5, 5.41) is 0. The summed E-state index contributed by atoms with van der Waals surface area (Å²) in [6.45, 7) is 1.19. The van der Waals surface area contributed by atoms with Crippen LogP contribution in [0.3, 0.4) is 0 Å². The summed E-state index contributed by atoms with van der Waals surface area (Å²) in [5.74, 6) is 0. The van der Waals surface area contributed by atoms with Gasteiger partial charge in [0.2, 0.25) is 0 Å². The Bertz CT molecular complexity index is 54.9. The largest absolute Gasteiger partial charge is 0.454 e. The minimum absolute atomic E-state index is 0.00656. The summed E-state index contributed by atoms with van der Waals surface area (Å²) in [6.07, 6.45) is 0. The Labute approximate surface area is 51.4 Å². The summed E-state index contributed by atoms with van der Waals surface area (Å²) in [6, 6.07) is 0. The molecule has 0 N–H and O–H groups in total. The highest BCUT2D eigenvalue weighted by Crippen LogP contribution is 1.99. The van der Waals surface area contributed by atoms with Gasteiger partial charge in [0.05, 0.1) is 0 Å². The van der Waals surface area contributed by atoms with Crippen molar-refractivity contribution in [2.45, 2.75) is 4.84 Å². The second-order valence-electron chi connectivity index (χ2n) is 0.785. The van der Waals surface area contributed by atoms with Crippen LogP contribution in [0.2, 0.25) is 0 Å². The predicted octanol–water partition coefficient (Wildman–Crippen LogP) is 0.874. The number of carbonyl (C=O) groups excluding carboxylic acids is 1. The van der Waals surface area contributed by atoms with E-state index in [-0.39, 0.29) is 6.61 Å². The molecule has 1 radical (unpaired) electrons. The number of rotatable bonds is 3. The molecule has 0 unspecified atom stereocenters. The molecule has 0 bridgehead atoms. The third kappa shape index (κ3) is 6.05. The highest BCUT2D eigenvalue weighted by molar-refractivity contribution is 6.44. The molecule has 0 aromatic heterocycles. The second-order valence-corrected chi connectivity index (χ2v) is 2.06. The zero-order valence-electron chi connectivity index (χ0n) is 3.36. The molecule has 41 valence electrons. The lowest BCUT2D eigenvalue weighted by Crippen LogP contribution is -1.99. The minimum atomic E-state index is -0.638. The number of hydrogen-bond acceptors (Lipinski definition) is 2. The van der Waals surface area contributed by atoms with Crippen LogP contribution in [0.5, 0.6) is 0 Å². The fraction of sp³-hybridized carbons (Fsp3) is 0.667. The van der Waals surface area contributed by atoms with Crippen LogP contribution < -0.4 is 0 Å². The van der Waals surface area contributed by atoms with Crippen molar-refractivity contribution >= 4 is 29.7 Å². The maximum atomic E-state index is 9.24. The Hall–Kier alpha value is 0.0500. The molecule has 0 aliphatic rings. The van der Waals surface area contributed by atoms with Crippen molar-refractivity contribution in [2.75, 3.05) is 6.61 Å². The quantitative estimate of drug-likeness (QED) is 0.546. The first kappa shape index (κ1) is 7.05. The van der Waals surface area contributed by atoms with E-state index >= 15 is 0 Å². The van der Waals surface area contributed by atoms with Crippen LogP contribution in [0, 0.1) is 0 Å². The molecule has 0 rings (SSSR count). The molecule has 0 spiro atoms. The highest BCUT2D eigenvalue weighted by atomic mass is 35.5. The fourth-order valence-electron chi connectivity index (χ4n) is 0.0970. The first-order chi connectivity index (χ1) is 3.27. The summed E-state index contributed by atoms with van der Waals surface area (Å²) >= 11 is 10.2. The van der Waals surface area contributed by atoms with Crippen LogP contribution in [0.15, 0.2) is 0 Å². The van der Waals surface area contributed by atoms with E-state index in [2.05, 4.69) is 4.74 Å². The summed E-state index contributed by atoms with van der Waals surface area (Å²) in [4.78, 5) is 8.61. The lowest BCUT2D eigenvalue weighted by atomic mass is 10.8. The van der Waals surface area contributed by atoms with Crippen LogP contribution >= 0.6 is 23.2 Å². The van der Waals surface area contributed by atoms with E-state index in [4.69, 9.17) is 23.2 Å². The summed E-state index contributed by atoms with van der Waals surface area (Å²) in [5.41, 5.74) is 0. The molecule has 7 heavy (non-hydrogen) atoms. The Kier molecular flexibility index (Phi) is 4.25. The lowest BCUT2D eigenvalue weighted by Gasteiger charge is -1.92.